The monoisotopic (exact) mass is 293 g/mol. The predicted molar refractivity (Wildman–Crippen MR) is 79.8 cm³/mol. The van der Waals surface area contributed by atoms with Crippen molar-refractivity contribution in [2.75, 3.05) is 14.2 Å². The molecule has 1 saturated carbocycles. The van der Waals surface area contributed by atoms with Crippen molar-refractivity contribution < 1.29 is 19.4 Å². The Labute approximate surface area is 125 Å². The Morgan fingerprint density at radius 3 is 2.52 bits per heavy atom. The van der Waals surface area contributed by atoms with E-state index in [2.05, 4.69) is 5.32 Å². The third kappa shape index (κ3) is 4.11. The van der Waals surface area contributed by atoms with Crippen LogP contribution in [0.3, 0.4) is 0 Å². The summed E-state index contributed by atoms with van der Waals surface area (Å²) >= 11 is 0. The minimum atomic E-state index is -0.664. The molecule has 1 aromatic rings. The Morgan fingerprint density at radius 1 is 1.24 bits per heavy atom. The normalized spacial score (nSPS) is 21.8. The van der Waals surface area contributed by atoms with Crippen LogP contribution in [-0.2, 0) is 11.3 Å². The van der Waals surface area contributed by atoms with Gasteiger partial charge in [-0.05, 0) is 43.9 Å². The van der Waals surface area contributed by atoms with Crippen molar-refractivity contribution in [1.29, 1.82) is 0 Å². The maximum atomic E-state index is 10.9. The molecule has 1 aliphatic rings. The van der Waals surface area contributed by atoms with Crippen LogP contribution in [0.15, 0.2) is 18.2 Å². The lowest BCUT2D eigenvalue weighted by molar-refractivity contribution is -0.142. The van der Waals surface area contributed by atoms with Crippen LogP contribution < -0.4 is 14.8 Å². The molecule has 1 fully saturated rings. The first-order chi connectivity index (χ1) is 10.1. The van der Waals surface area contributed by atoms with Crippen LogP contribution in [0.1, 0.15) is 31.2 Å². The lowest BCUT2D eigenvalue weighted by Gasteiger charge is -2.27. The van der Waals surface area contributed by atoms with Gasteiger partial charge in [-0.3, -0.25) is 4.79 Å². The molecule has 0 amide bonds. The van der Waals surface area contributed by atoms with Crippen molar-refractivity contribution in [3.63, 3.8) is 0 Å². The second-order valence-corrected chi connectivity index (χ2v) is 5.45. The van der Waals surface area contributed by atoms with Gasteiger partial charge >= 0.3 is 5.97 Å². The van der Waals surface area contributed by atoms with E-state index in [-0.39, 0.29) is 5.92 Å². The van der Waals surface area contributed by atoms with E-state index in [9.17, 15) is 4.79 Å². The van der Waals surface area contributed by atoms with Crippen molar-refractivity contribution in [1.82, 2.24) is 5.32 Å². The molecule has 1 aliphatic carbocycles. The first-order valence-corrected chi connectivity index (χ1v) is 7.31. The number of nitrogens with one attached hydrogen (secondary N) is 1. The molecule has 0 unspecified atom stereocenters. The van der Waals surface area contributed by atoms with Crippen LogP contribution in [0.25, 0.3) is 0 Å². The molecule has 0 spiro atoms. The highest BCUT2D eigenvalue weighted by Crippen LogP contribution is 2.27. The van der Waals surface area contributed by atoms with Crippen LogP contribution in [-0.4, -0.2) is 31.3 Å². The molecular formula is C16H23NO4. The summed E-state index contributed by atoms with van der Waals surface area (Å²) in [6.07, 6.45) is 3.32. The molecule has 0 heterocycles. The third-order valence-corrected chi connectivity index (χ3v) is 4.15. The Balaban J connectivity index is 1.90. The maximum absolute atomic E-state index is 10.9. The highest BCUT2D eigenvalue weighted by Gasteiger charge is 2.25. The number of ether oxygens (including phenoxy) is 2. The molecule has 0 radical (unpaired) electrons. The van der Waals surface area contributed by atoms with Gasteiger partial charge in [-0.1, -0.05) is 0 Å². The number of methoxy groups -OCH3 is 2. The van der Waals surface area contributed by atoms with Gasteiger partial charge in [0.05, 0.1) is 20.1 Å². The summed E-state index contributed by atoms with van der Waals surface area (Å²) < 4.78 is 10.6. The zero-order valence-corrected chi connectivity index (χ0v) is 12.6. The molecule has 0 saturated heterocycles. The Kier molecular flexibility index (Phi) is 5.44. The lowest BCUT2D eigenvalue weighted by Crippen LogP contribution is -2.34. The summed E-state index contributed by atoms with van der Waals surface area (Å²) in [7, 11) is 3.30. The summed E-state index contributed by atoms with van der Waals surface area (Å²) in [4.78, 5) is 10.9. The molecule has 0 aromatic heterocycles. The van der Waals surface area contributed by atoms with Crippen molar-refractivity contribution >= 4 is 5.97 Å². The van der Waals surface area contributed by atoms with Gasteiger partial charge in [0.2, 0.25) is 0 Å². The van der Waals surface area contributed by atoms with Crippen molar-refractivity contribution in [3.8, 4) is 11.5 Å². The van der Waals surface area contributed by atoms with E-state index in [1.165, 1.54) is 0 Å². The van der Waals surface area contributed by atoms with Gasteiger partial charge in [0.1, 0.15) is 11.5 Å². The summed E-state index contributed by atoms with van der Waals surface area (Å²) in [6, 6.07) is 6.11. The van der Waals surface area contributed by atoms with Gasteiger partial charge in [-0.15, -0.1) is 0 Å². The zero-order valence-electron chi connectivity index (χ0n) is 12.6. The van der Waals surface area contributed by atoms with Crippen molar-refractivity contribution in [2.24, 2.45) is 5.92 Å². The van der Waals surface area contributed by atoms with E-state index in [0.717, 1.165) is 42.7 Å². The lowest BCUT2D eigenvalue weighted by atomic mass is 9.86. The molecular weight excluding hydrogens is 270 g/mol. The predicted octanol–water partition coefficient (Wildman–Crippen LogP) is 2.44. The number of carboxylic acids is 1. The highest BCUT2D eigenvalue weighted by molar-refractivity contribution is 5.70. The van der Waals surface area contributed by atoms with Gasteiger partial charge < -0.3 is 19.9 Å². The summed E-state index contributed by atoms with van der Waals surface area (Å²) in [6.45, 7) is 0.697. The molecule has 116 valence electrons. The average molecular weight is 293 g/mol. The van der Waals surface area contributed by atoms with E-state index in [1.807, 2.05) is 18.2 Å². The van der Waals surface area contributed by atoms with Crippen LogP contribution in [0.5, 0.6) is 11.5 Å². The minimum absolute atomic E-state index is 0.172. The van der Waals surface area contributed by atoms with Gasteiger partial charge in [-0.25, -0.2) is 0 Å². The third-order valence-electron chi connectivity index (χ3n) is 4.15. The van der Waals surface area contributed by atoms with Crippen LogP contribution in [0, 0.1) is 5.92 Å². The van der Waals surface area contributed by atoms with Gasteiger partial charge in [0, 0.05) is 18.2 Å². The highest BCUT2D eigenvalue weighted by atomic mass is 16.5. The molecule has 0 atom stereocenters. The second-order valence-electron chi connectivity index (χ2n) is 5.45. The maximum Gasteiger partial charge on any atom is 0.306 e. The standard InChI is InChI=1S/C16H23NO4/c1-20-14-7-8-15(21-2)12(9-14)10-17-13-5-3-11(4-6-13)16(18)19/h7-9,11,13,17H,3-6,10H2,1-2H3,(H,18,19). The molecule has 21 heavy (non-hydrogen) atoms. The van der Waals surface area contributed by atoms with Crippen LogP contribution in [0.2, 0.25) is 0 Å². The molecule has 2 rings (SSSR count). The number of aliphatic carboxylic acids is 1. The van der Waals surface area contributed by atoms with Crippen LogP contribution >= 0.6 is 0 Å². The Morgan fingerprint density at radius 2 is 1.95 bits per heavy atom. The first kappa shape index (κ1) is 15.6. The topological polar surface area (TPSA) is 67.8 Å². The zero-order chi connectivity index (χ0) is 15.2. The molecule has 0 bridgehead atoms. The Bertz CT molecular complexity index is 481. The molecule has 0 aliphatic heterocycles. The fourth-order valence-electron chi connectivity index (χ4n) is 2.82. The van der Waals surface area contributed by atoms with E-state index in [0.29, 0.717) is 12.6 Å². The second kappa shape index (κ2) is 7.31. The SMILES string of the molecule is COc1ccc(OC)c(CNC2CCC(C(=O)O)CC2)c1. The number of rotatable bonds is 6. The van der Waals surface area contributed by atoms with E-state index < -0.39 is 5.97 Å². The first-order valence-electron chi connectivity index (χ1n) is 7.31. The fourth-order valence-corrected chi connectivity index (χ4v) is 2.82. The molecule has 2 N–H and O–H groups in total. The summed E-state index contributed by atoms with van der Waals surface area (Å²) in [5.74, 6) is 0.807. The van der Waals surface area contributed by atoms with Crippen molar-refractivity contribution in [2.45, 2.75) is 38.3 Å². The largest absolute Gasteiger partial charge is 0.497 e. The smallest absolute Gasteiger partial charge is 0.306 e. The van der Waals surface area contributed by atoms with Gasteiger partial charge in [0.25, 0.3) is 0 Å². The summed E-state index contributed by atoms with van der Waals surface area (Å²) in [5.41, 5.74) is 1.05. The van der Waals surface area contributed by atoms with E-state index >= 15 is 0 Å². The fraction of sp³-hybridized carbons (Fsp3) is 0.562. The van der Waals surface area contributed by atoms with Crippen molar-refractivity contribution in [3.05, 3.63) is 23.8 Å². The van der Waals surface area contributed by atoms with Gasteiger partial charge in [0.15, 0.2) is 0 Å². The van der Waals surface area contributed by atoms with E-state index in [4.69, 9.17) is 14.6 Å². The molecule has 1 aromatic carbocycles. The average Bonchev–Trinajstić information content (AvgIpc) is 2.52. The minimum Gasteiger partial charge on any atom is -0.497 e. The number of carbonyl (C=O) groups is 1. The molecule has 5 nitrogen and oxygen atoms in total. The van der Waals surface area contributed by atoms with Gasteiger partial charge in [-0.2, -0.15) is 0 Å². The number of hydrogen-bond donors (Lipinski definition) is 2. The number of hydrogen-bond acceptors (Lipinski definition) is 4. The molecule has 5 heteroatoms. The number of benzene rings is 1. The number of carboxylic acid groups (broad SMARTS) is 1. The van der Waals surface area contributed by atoms with Crippen LogP contribution in [0.4, 0.5) is 0 Å². The van der Waals surface area contributed by atoms with E-state index in [1.54, 1.807) is 14.2 Å². The summed E-state index contributed by atoms with van der Waals surface area (Å²) in [5, 5.41) is 12.5. The quantitative estimate of drug-likeness (QED) is 0.843. The Hall–Kier alpha value is -1.75.